The summed E-state index contributed by atoms with van der Waals surface area (Å²) in [6.07, 6.45) is -2.30. The Morgan fingerprint density at radius 1 is 1.04 bits per heavy atom. The predicted octanol–water partition coefficient (Wildman–Crippen LogP) is 4.23. The molecule has 124 valence electrons. The van der Waals surface area contributed by atoms with Gasteiger partial charge in [-0.25, -0.2) is 4.98 Å². The minimum atomic E-state index is -4.76. The molecule has 0 atom stereocenters. The van der Waals surface area contributed by atoms with Gasteiger partial charge >= 0.3 is 6.36 Å². The van der Waals surface area contributed by atoms with Gasteiger partial charge in [-0.3, -0.25) is 0 Å². The van der Waals surface area contributed by atoms with E-state index >= 15 is 0 Å². The summed E-state index contributed by atoms with van der Waals surface area (Å²) in [7, 11) is 2.85. The molecule has 0 aliphatic carbocycles. The lowest BCUT2D eigenvalue weighted by Gasteiger charge is -2.15. The van der Waals surface area contributed by atoms with Crippen molar-refractivity contribution in [2.45, 2.75) is 19.7 Å². The number of hydrogen-bond acceptors (Lipinski definition) is 4. The van der Waals surface area contributed by atoms with E-state index < -0.39 is 6.36 Å². The molecule has 23 heavy (non-hydrogen) atoms. The van der Waals surface area contributed by atoms with E-state index in [-0.39, 0.29) is 11.5 Å². The molecule has 1 aromatic heterocycles. The maximum atomic E-state index is 12.3. The molecule has 7 heteroatoms. The number of nitrogens with zero attached hydrogens (tertiary/aromatic N) is 1. The van der Waals surface area contributed by atoms with Crippen LogP contribution >= 0.6 is 0 Å². The van der Waals surface area contributed by atoms with Crippen LogP contribution in [0.25, 0.3) is 11.1 Å². The Balaban J connectivity index is 2.51. The van der Waals surface area contributed by atoms with E-state index in [9.17, 15) is 13.2 Å². The maximum Gasteiger partial charge on any atom is 0.573 e. The van der Waals surface area contributed by atoms with Crippen LogP contribution in [-0.4, -0.2) is 25.6 Å². The molecule has 0 radical (unpaired) electrons. The van der Waals surface area contributed by atoms with Crippen LogP contribution < -0.4 is 14.2 Å². The first-order valence-electron chi connectivity index (χ1n) is 6.85. The van der Waals surface area contributed by atoms with Gasteiger partial charge in [0.2, 0.25) is 5.88 Å². The van der Waals surface area contributed by atoms with E-state index in [2.05, 4.69) is 9.72 Å². The molecule has 0 bridgehead atoms. The number of aryl methyl sites for hydroxylation is 1. The quantitative estimate of drug-likeness (QED) is 0.824. The largest absolute Gasteiger partial charge is 0.573 e. The summed E-state index contributed by atoms with van der Waals surface area (Å²) in [5, 5.41) is 0. The van der Waals surface area contributed by atoms with Crippen LogP contribution in [0, 0.1) is 0 Å². The van der Waals surface area contributed by atoms with Gasteiger partial charge in [-0.1, -0.05) is 6.92 Å². The van der Waals surface area contributed by atoms with Gasteiger partial charge < -0.3 is 14.2 Å². The van der Waals surface area contributed by atoms with Gasteiger partial charge in [0.15, 0.2) is 0 Å². The smallest absolute Gasteiger partial charge is 0.496 e. The van der Waals surface area contributed by atoms with E-state index in [0.717, 1.165) is 12.0 Å². The topological polar surface area (TPSA) is 40.6 Å². The number of pyridine rings is 1. The lowest BCUT2D eigenvalue weighted by molar-refractivity contribution is -0.274. The summed E-state index contributed by atoms with van der Waals surface area (Å²) in [5.41, 5.74) is 2.18. The molecule has 0 aliphatic rings. The Morgan fingerprint density at radius 3 is 2.35 bits per heavy atom. The van der Waals surface area contributed by atoms with Crippen LogP contribution in [-0.2, 0) is 6.42 Å². The van der Waals surface area contributed by atoms with Crippen LogP contribution in [0.3, 0.4) is 0 Å². The van der Waals surface area contributed by atoms with Gasteiger partial charge in [0.1, 0.15) is 11.5 Å². The summed E-state index contributed by atoms with van der Waals surface area (Å²) < 4.78 is 51.3. The van der Waals surface area contributed by atoms with Crippen molar-refractivity contribution >= 4 is 0 Å². The fourth-order valence-corrected chi connectivity index (χ4v) is 2.14. The number of alkyl halides is 3. The van der Waals surface area contributed by atoms with E-state index in [4.69, 9.17) is 9.47 Å². The third-order valence-electron chi connectivity index (χ3n) is 3.21. The molecule has 2 aromatic rings. The van der Waals surface area contributed by atoms with Gasteiger partial charge in [-0.05, 0) is 30.2 Å². The van der Waals surface area contributed by atoms with E-state index in [0.29, 0.717) is 17.0 Å². The molecule has 0 spiro atoms. The highest BCUT2D eigenvalue weighted by molar-refractivity contribution is 5.75. The van der Waals surface area contributed by atoms with Gasteiger partial charge in [-0.2, -0.15) is 0 Å². The fraction of sp³-hybridized carbons (Fsp3) is 0.312. The zero-order chi connectivity index (χ0) is 17.0. The molecular formula is C16H16F3NO3. The predicted molar refractivity (Wildman–Crippen MR) is 78.8 cm³/mol. The van der Waals surface area contributed by atoms with Crippen LogP contribution in [0.2, 0.25) is 0 Å². The minimum Gasteiger partial charge on any atom is -0.496 e. The molecule has 0 aliphatic heterocycles. The first-order chi connectivity index (χ1) is 10.9. The lowest BCUT2D eigenvalue weighted by atomic mass is 10.0. The molecule has 0 saturated carbocycles. The monoisotopic (exact) mass is 327 g/mol. The summed E-state index contributed by atoms with van der Waals surface area (Å²) in [6.45, 7) is 1.98. The van der Waals surface area contributed by atoms with Crippen molar-refractivity contribution in [1.29, 1.82) is 0 Å². The number of benzene rings is 1. The van der Waals surface area contributed by atoms with Crippen LogP contribution in [0.1, 0.15) is 12.5 Å². The highest BCUT2D eigenvalue weighted by atomic mass is 19.4. The summed E-state index contributed by atoms with van der Waals surface area (Å²) >= 11 is 0. The number of ether oxygens (including phenoxy) is 3. The zero-order valence-electron chi connectivity index (χ0n) is 12.9. The van der Waals surface area contributed by atoms with Crippen LogP contribution in [0.5, 0.6) is 17.4 Å². The second-order valence-electron chi connectivity index (χ2n) is 4.66. The maximum absolute atomic E-state index is 12.3. The number of halogens is 3. The molecule has 0 unspecified atom stereocenters. The SMILES string of the molecule is CCc1cnc(OC)c(-c2ccc(OC(F)(F)F)cc2OC)c1. The number of methoxy groups -OCH3 is 2. The second-order valence-corrected chi connectivity index (χ2v) is 4.66. The summed E-state index contributed by atoms with van der Waals surface area (Å²) in [5.74, 6) is 0.252. The van der Waals surface area contributed by atoms with Gasteiger partial charge in [0.25, 0.3) is 0 Å². The van der Waals surface area contributed by atoms with Gasteiger partial charge in [0, 0.05) is 23.4 Å². The third kappa shape index (κ3) is 4.06. The van der Waals surface area contributed by atoms with Crippen LogP contribution in [0.15, 0.2) is 30.5 Å². The minimum absolute atomic E-state index is 0.236. The normalized spacial score (nSPS) is 11.2. The van der Waals surface area contributed by atoms with E-state index in [1.807, 2.05) is 13.0 Å². The Kier molecular flexibility index (Phi) is 4.98. The Labute approximate surface area is 131 Å². The molecule has 1 aromatic carbocycles. The molecule has 4 nitrogen and oxygen atoms in total. The molecular weight excluding hydrogens is 311 g/mol. The van der Waals surface area contributed by atoms with Crippen LogP contribution in [0.4, 0.5) is 13.2 Å². The molecule has 0 saturated heterocycles. The van der Waals surface area contributed by atoms with Crippen molar-refractivity contribution in [3.8, 4) is 28.5 Å². The van der Waals surface area contributed by atoms with Gasteiger partial charge in [-0.15, -0.1) is 13.2 Å². The van der Waals surface area contributed by atoms with E-state index in [1.54, 1.807) is 6.20 Å². The molecule has 0 fully saturated rings. The Hall–Kier alpha value is -2.44. The first kappa shape index (κ1) is 16.9. The molecule has 1 heterocycles. The number of aromatic nitrogens is 1. The molecule has 0 amide bonds. The van der Waals surface area contributed by atoms with Crippen molar-refractivity contribution in [1.82, 2.24) is 4.98 Å². The van der Waals surface area contributed by atoms with Crippen molar-refractivity contribution < 1.29 is 27.4 Å². The zero-order valence-corrected chi connectivity index (χ0v) is 12.9. The fourth-order valence-electron chi connectivity index (χ4n) is 2.14. The summed E-state index contributed by atoms with van der Waals surface area (Å²) in [4.78, 5) is 4.21. The highest BCUT2D eigenvalue weighted by Gasteiger charge is 2.31. The highest BCUT2D eigenvalue weighted by Crippen LogP contribution is 2.38. The van der Waals surface area contributed by atoms with Crippen molar-refractivity contribution in [2.24, 2.45) is 0 Å². The van der Waals surface area contributed by atoms with Crippen molar-refractivity contribution in [2.75, 3.05) is 14.2 Å². The standard InChI is InChI=1S/C16H16F3NO3/c1-4-10-7-13(15(22-3)20-9-10)12-6-5-11(8-14(12)21-2)23-16(17,18)19/h5-9H,4H2,1-3H3. The molecule has 0 N–H and O–H groups in total. The number of rotatable bonds is 5. The van der Waals surface area contributed by atoms with Gasteiger partial charge in [0.05, 0.1) is 14.2 Å². The van der Waals surface area contributed by atoms with Crippen molar-refractivity contribution in [3.05, 3.63) is 36.0 Å². The lowest BCUT2D eigenvalue weighted by Crippen LogP contribution is -2.17. The number of hydrogen-bond donors (Lipinski definition) is 0. The van der Waals surface area contributed by atoms with E-state index in [1.165, 1.54) is 32.4 Å². The average molecular weight is 327 g/mol. The first-order valence-corrected chi connectivity index (χ1v) is 6.85. The van der Waals surface area contributed by atoms with Crippen molar-refractivity contribution in [3.63, 3.8) is 0 Å². The second kappa shape index (κ2) is 6.76. The summed E-state index contributed by atoms with van der Waals surface area (Å²) in [6, 6.07) is 5.76. The Morgan fingerprint density at radius 2 is 1.78 bits per heavy atom. The average Bonchev–Trinajstić information content (AvgIpc) is 2.52. The molecule has 2 rings (SSSR count). The Bertz CT molecular complexity index is 687. The third-order valence-corrected chi connectivity index (χ3v) is 3.21.